The van der Waals surface area contributed by atoms with Crippen LogP contribution in [-0.4, -0.2) is 64.2 Å². The van der Waals surface area contributed by atoms with E-state index in [2.05, 4.69) is 5.32 Å². The lowest BCUT2D eigenvalue weighted by Gasteiger charge is -2.32. The maximum absolute atomic E-state index is 13.6. The van der Waals surface area contributed by atoms with Gasteiger partial charge in [0.25, 0.3) is 0 Å². The minimum atomic E-state index is -3.90. The number of rotatable bonds is 12. The lowest BCUT2D eigenvalue weighted by atomic mass is 10.1. The summed E-state index contributed by atoms with van der Waals surface area (Å²) in [5.74, 6) is -0.220. The highest BCUT2D eigenvalue weighted by molar-refractivity contribution is 7.92. The largest absolute Gasteiger partial charge is 0.497 e. The normalized spacial score (nSPS) is 12.9. The van der Waals surface area contributed by atoms with Gasteiger partial charge in [-0.05, 0) is 50.1 Å². The molecule has 2 atom stereocenters. The predicted octanol–water partition coefficient (Wildman–Crippen LogP) is 3.46. The number of sulfonamides is 1. The molecular weight excluding hydrogens is 506 g/mol. The number of hydrogen-bond acceptors (Lipinski definition) is 6. The third kappa shape index (κ3) is 7.76. The molecular formula is C25H34ClN3O6S. The molecule has 9 nitrogen and oxygen atoms in total. The molecule has 0 radical (unpaired) electrons. The van der Waals surface area contributed by atoms with Gasteiger partial charge >= 0.3 is 0 Å². The lowest BCUT2D eigenvalue weighted by Crippen LogP contribution is -2.52. The number of ether oxygens (including phenoxy) is 2. The van der Waals surface area contributed by atoms with Crippen molar-refractivity contribution >= 4 is 39.1 Å². The molecule has 0 aromatic heterocycles. The zero-order chi connectivity index (χ0) is 27.0. The Morgan fingerprint density at radius 1 is 1.08 bits per heavy atom. The molecule has 0 saturated carbocycles. The Kier molecular flexibility index (Phi) is 10.4. The van der Waals surface area contributed by atoms with Crippen molar-refractivity contribution in [2.45, 2.75) is 45.8 Å². The molecule has 0 heterocycles. The number of hydrogen-bond donors (Lipinski definition) is 1. The summed E-state index contributed by atoms with van der Waals surface area (Å²) in [7, 11) is -1.03. The molecule has 0 unspecified atom stereocenters. The number of nitrogens with one attached hydrogen (secondary N) is 1. The van der Waals surface area contributed by atoms with Gasteiger partial charge in [0.05, 0.1) is 26.2 Å². The smallest absolute Gasteiger partial charge is 0.244 e. The van der Waals surface area contributed by atoms with E-state index in [1.807, 2.05) is 13.8 Å². The van der Waals surface area contributed by atoms with E-state index in [0.29, 0.717) is 16.3 Å². The van der Waals surface area contributed by atoms with Crippen LogP contribution in [0.1, 0.15) is 32.8 Å². The Bertz CT molecular complexity index is 1170. The molecule has 11 heteroatoms. The summed E-state index contributed by atoms with van der Waals surface area (Å²) < 4.78 is 37.1. The fourth-order valence-corrected chi connectivity index (χ4v) is 4.53. The molecule has 0 aliphatic carbocycles. The van der Waals surface area contributed by atoms with Crippen LogP contribution >= 0.6 is 11.6 Å². The van der Waals surface area contributed by atoms with Crippen molar-refractivity contribution in [2.75, 3.05) is 31.3 Å². The van der Waals surface area contributed by atoms with Crippen molar-refractivity contribution in [3.05, 3.63) is 53.1 Å². The number of halogens is 1. The second-order valence-electron chi connectivity index (χ2n) is 8.45. The van der Waals surface area contributed by atoms with Crippen molar-refractivity contribution in [1.29, 1.82) is 0 Å². The maximum atomic E-state index is 13.6. The van der Waals surface area contributed by atoms with Gasteiger partial charge in [0, 0.05) is 23.7 Å². The van der Waals surface area contributed by atoms with Crippen LogP contribution in [0.25, 0.3) is 0 Å². The van der Waals surface area contributed by atoms with E-state index >= 15 is 0 Å². The third-order valence-electron chi connectivity index (χ3n) is 5.75. The van der Waals surface area contributed by atoms with Crippen molar-refractivity contribution in [1.82, 2.24) is 10.2 Å². The van der Waals surface area contributed by atoms with Crippen LogP contribution in [0, 0.1) is 0 Å². The van der Waals surface area contributed by atoms with Gasteiger partial charge in [-0.15, -0.1) is 0 Å². The van der Waals surface area contributed by atoms with Gasteiger partial charge in [-0.2, -0.15) is 0 Å². The quantitative estimate of drug-likeness (QED) is 0.443. The van der Waals surface area contributed by atoms with E-state index in [0.717, 1.165) is 17.0 Å². The van der Waals surface area contributed by atoms with Crippen LogP contribution in [0.3, 0.4) is 0 Å². The zero-order valence-electron chi connectivity index (χ0n) is 21.4. The van der Waals surface area contributed by atoms with Gasteiger partial charge in [0.1, 0.15) is 24.1 Å². The fourth-order valence-electron chi connectivity index (χ4n) is 3.47. The van der Waals surface area contributed by atoms with E-state index in [9.17, 15) is 18.0 Å². The van der Waals surface area contributed by atoms with E-state index < -0.39 is 28.5 Å². The average molecular weight is 540 g/mol. The SMILES string of the molecule is CC[C@@H](C)NC(=O)[C@@H](C)N(Cc1cccc(Cl)c1)C(=O)CN(c1ccc(OC)cc1OC)S(C)(=O)=O. The lowest BCUT2D eigenvalue weighted by molar-refractivity contribution is -0.139. The number of amides is 2. The Hall–Kier alpha value is -2.98. The summed E-state index contributed by atoms with van der Waals surface area (Å²) in [6.07, 6.45) is 1.73. The minimum absolute atomic E-state index is 0.0613. The molecule has 0 fully saturated rings. The van der Waals surface area contributed by atoms with Gasteiger partial charge in [-0.25, -0.2) is 8.42 Å². The fraction of sp³-hybridized carbons (Fsp3) is 0.440. The van der Waals surface area contributed by atoms with E-state index in [-0.39, 0.29) is 29.9 Å². The molecule has 2 aromatic carbocycles. The number of carbonyl (C=O) groups is 2. The molecule has 0 bridgehead atoms. The third-order valence-corrected chi connectivity index (χ3v) is 7.11. The summed E-state index contributed by atoms with van der Waals surface area (Å²) in [6.45, 7) is 4.94. The molecule has 0 saturated heterocycles. The number of nitrogens with zero attached hydrogens (tertiary/aromatic N) is 2. The van der Waals surface area contributed by atoms with Crippen LogP contribution in [0.15, 0.2) is 42.5 Å². The highest BCUT2D eigenvalue weighted by Crippen LogP contribution is 2.33. The Morgan fingerprint density at radius 3 is 2.33 bits per heavy atom. The highest BCUT2D eigenvalue weighted by atomic mass is 35.5. The molecule has 36 heavy (non-hydrogen) atoms. The van der Waals surface area contributed by atoms with Crippen molar-refractivity contribution < 1.29 is 27.5 Å². The van der Waals surface area contributed by atoms with Crippen LogP contribution < -0.4 is 19.1 Å². The van der Waals surface area contributed by atoms with Crippen LogP contribution in [0.5, 0.6) is 11.5 Å². The van der Waals surface area contributed by atoms with Gasteiger partial charge in [-0.3, -0.25) is 13.9 Å². The second kappa shape index (κ2) is 12.8. The molecule has 198 valence electrons. The van der Waals surface area contributed by atoms with Gasteiger partial charge < -0.3 is 19.7 Å². The summed E-state index contributed by atoms with van der Waals surface area (Å²) >= 11 is 6.13. The molecule has 0 spiro atoms. The molecule has 0 aliphatic rings. The zero-order valence-corrected chi connectivity index (χ0v) is 23.0. The first-order valence-electron chi connectivity index (χ1n) is 11.4. The molecule has 1 N–H and O–H groups in total. The van der Waals surface area contributed by atoms with Crippen molar-refractivity contribution in [2.24, 2.45) is 0 Å². The number of carbonyl (C=O) groups excluding carboxylic acids is 2. The van der Waals surface area contributed by atoms with Crippen LogP contribution in [-0.2, 0) is 26.2 Å². The van der Waals surface area contributed by atoms with E-state index in [4.69, 9.17) is 21.1 Å². The standard InChI is InChI=1S/C25H34ClN3O6S/c1-7-17(2)27-25(31)18(3)28(15-19-9-8-10-20(26)13-19)24(30)16-29(36(6,32)33)22-12-11-21(34-4)14-23(22)35-5/h8-14,17-18H,7,15-16H2,1-6H3,(H,27,31)/t17-,18-/m1/s1. The number of methoxy groups -OCH3 is 2. The van der Waals surface area contributed by atoms with Crippen LogP contribution in [0.2, 0.25) is 5.02 Å². The summed E-state index contributed by atoms with van der Waals surface area (Å²) in [5, 5.41) is 3.37. The summed E-state index contributed by atoms with van der Waals surface area (Å²) in [5.41, 5.74) is 0.875. The first-order chi connectivity index (χ1) is 16.9. The molecule has 0 aliphatic heterocycles. The van der Waals surface area contributed by atoms with Crippen molar-refractivity contribution in [3.8, 4) is 11.5 Å². The minimum Gasteiger partial charge on any atom is -0.497 e. The summed E-state index contributed by atoms with van der Waals surface area (Å²) in [6, 6.07) is 10.6. The predicted molar refractivity (Wildman–Crippen MR) is 141 cm³/mol. The Morgan fingerprint density at radius 2 is 1.78 bits per heavy atom. The van der Waals surface area contributed by atoms with Gasteiger partial charge in [-0.1, -0.05) is 30.7 Å². The van der Waals surface area contributed by atoms with Gasteiger partial charge in [0.15, 0.2) is 0 Å². The Labute approximate surface area is 218 Å². The molecule has 2 amide bonds. The second-order valence-corrected chi connectivity index (χ2v) is 10.8. The maximum Gasteiger partial charge on any atom is 0.244 e. The monoisotopic (exact) mass is 539 g/mol. The first-order valence-corrected chi connectivity index (χ1v) is 13.7. The van der Waals surface area contributed by atoms with E-state index in [1.165, 1.54) is 31.3 Å². The van der Waals surface area contributed by atoms with Crippen LogP contribution in [0.4, 0.5) is 5.69 Å². The first kappa shape index (κ1) is 29.3. The molecule has 2 aromatic rings. The Balaban J connectivity index is 2.46. The van der Waals surface area contributed by atoms with Gasteiger partial charge in [0.2, 0.25) is 21.8 Å². The summed E-state index contributed by atoms with van der Waals surface area (Å²) in [4.78, 5) is 27.9. The highest BCUT2D eigenvalue weighted by Gasteiger charge is 2.31. The average Bonchev–Trinajstić information content (AvgIpc) is 2.84. The van der Waals surface area contributed by atoms with E-state index in [1.54, 1.807) is 37.3 Å². The number of anilines is 1. The number of benzene rings is 2. The van der Waals surface area contributed by atoms with Crippen molar-refractivity contribution in [3.63, 3.8) is 0 Å². The molecule has 2 rings (SSSR count). The topological polar surface area (TPSA) is 105 Å².